The fourth-order valence-electron chi connectivity index (χ4n) is 3.20. The summed E-state index contributed by atoms with van der Waals surface area (Å²) in [6, 6.07) is 14.8. The molecule has 0 aromatic heterocycles. The van der Waals surface area contributed by atoms with E-state index < -0.39 is 0 Å². The summed E-state index contributed by atoms with van der Waals surface area (Å²) < 4.78 is 12.1. The lowest BCUT2D eigenvalue weighted by Gasteiger charge is -2.30. The molecule has 20 heavy (non-hydrogen) atoms. The molecule has 1 unspecified atom stereocenters. The van der Waals surface area contributed by atoms with Gasteiger partial charge in [-0.1, -0.05) is 36.4 Å². The molecule has 0 saturated heterocycles. The van der Waals surface area contributed by atoms with Crippen molar-refractivity contribution >= 4 is 0 Å². The SMILES string of the molecule is c1ccc(C2CCc3ccc4c(c3O2)CCCO4)cc1. The molecule has 2 aromatic rings. The third kappa shape index (κ3) is 1.96. The van der Waals surface area contributed by atoms with Crippen LogP contribution < -0.4 is 9.47 Å². The first-order chi connectivity index (χ1) is 9.92. The number of ether oxygens (including phenoxy) is 2. The van der Waals surface area contributed by atoms with Gasteiger partial charge in [0.1, 0.15) is 17.6 Å². The second-order valence-corrected chi connectivity index (χ2v) is 5.54. The predicted octanol–water partition coefficient (Wildman–Crippen LogP) is 4.08. The minimum Gasteiger partial charge on any atom is -0.493 e. The molecule has 0 bridgehead atoms. The molecule has 0 saturated carbocycles. The Balaban J connectivity index is 1.71. The third-order valence-corrected chi connectivity index (χ3v) is 4.24. The van der Waals surface area contributed by atoms with Gasteiger partial charge in [-0.05, 0) is 42.9 Å². The Morgan fingerprint density at radius 3 is 2.75 bits per heavy atom. The van der Waals surface area contributed by atoms with Crippen molar-refractivity contribution in [3.05, 3.63) is 59.2 Å². The lowest BCUT2D eigenvalue weighted by atomic mass is 9.93. The first kappa shape index (κ1) is 11.8. The average molecular weight is 266 g/mol. The molecule has 4 rings (SSSR count). The van der Waals surface area contributed by atoms with Crippen LogP contribution in [0.2, 0.25) is 0 Å². The summed E-state index contributed by atoms with van der Waals surface area (Å²) in [7, 11) is 0. The molecular weight excluding hydrogens is 248 g/mol. The van der Waals surface area contributed by atoms with E-state index in [-0.39, 0.29) is 6.10 Å². The third-order valence-electron chi connectivity index (χ3n) is 4.24. The van der Waals surface area contributed by atoms with Crippen LogP contribution >= 0.6 is 0 Å². The van der Waals surface area contributed by atoms with Crippen LogP contribution in [0.25, 0.3) is 0 Å². The first-order valence-electron chi connectivity index (χ1n) is 7.41. The van der Waals surface area contributed by atoms with E-state index in [4.69, 9.17) is 9.47 Å². The number of hydrogen-bond donors (Lipinski definition) is 0. The molecule has 0 radical (unpaired) electrons. The minimum absolute atomic E-state index is 0.178. The molecule has 2 heterocycles. The van der Waals surface area contributed by atoms with Gasteiger partial charge in [-0.3, -0.25) is 0 Å². The number of rotatable bonds is 1. The van der Waals surface area contributed by atoms with Crippen molar-refractivity contribution in [2.75, 3.05) is 6.61 Å². The van der Waals surface area contributed by atoms with Gasteiger partial charge in [0.15, 0.2) is 0 Å². The maximum absolute atomic E-state index is 6.34. The van der Waals surface area contributed by atoms with Gasteiger partial charge < -0.3 is 9.47 Å². The molecule has 2 aromatic carbocycles. The zero-order chi connectivity index (χ0) is 13.4. The molecule has 102 valence electrons. The predicted molar refractivity (Wildman–Crippen MR) is 78.4 cm³/mol. The highest BCUT2D eigenvalue weighted by atomic mass is 16.5. The van der Waals surface area contributed by atoms with Crippen LogP contribution in [0.4, 0.5) is 0 Å². The topological polar surface area (TPSA) is 18.5 Å². The Morgan fingerprint density at radius 2 is 1.85 bits per heavy atom. The maximum Gasteiger partial charge on any atom is 0.130 e. The Hall–Kier alpha value is -1.96. The van der Waals surface area contributed by atoms with Gasteiger partial charge in [0.2, 0.25) is 0 Å². The number of aryl methyl sites for hydroxylation is 1. The molecule has 0 fully saturated rings. The number of benzene rings is 2. The van der Waals surface area contributed by atoms with Gasteiger partial charge in [-0.2, -0.15) is 0 Å². The van der Waals surface area contributed by atoms with Crippen LogP contribution in [0.15, 0.2) is 42.5 Å². The van der Waals surface area contributed by atoms with Crippen molar-refractivity contribution in [1.29, 1.82) is 0 Å². The summed E-state index contributed by atoms with van der Waals surface area (Å²) in [4.78, 5) is 0. The molecule has 2 heteroatoms. The van der Waals surface area contributed by atoms with Gasteiger partial charge in [-0.25, -0.2) is 0 Å². The van der Waals surface area contributed by atoms with Gasteiger partial charge in [0, 0.05) is 5.56 Å². The minimum atomic E-state index is 0.178. The molecule has 2 aliphatic heterocycles. The van der Waals surface area contributed by atoms with Crippen LogP contribution in [0.5, 0.6) is 11.5 Å². The quantitative estimate of drug-likeness (QED) is 0.774. The normalized spacial score (nSPS) is 20.3. The molecule has 0 spiro atoms. The van der Waals surface area contributed by atoms with E-state index in [0.29, 0.717) is 0 Å². The summed E-state index contributed by atoms with van der Waals surface area (Å²) >= 11 is 0. The lowest BCUT2D eigenvalue weighted by molar-refractivity contribution is 0.170. The second-order valence-electron chi connectivity index (χ2n) is 5.54. The standard InChI is InChI=1S/C18H18O2/c1-2-5-13(6-3-1)16-10-8-14-9-11-17-15(18(14)20-16)7-4-12-19-17/h1-3,5-6,9,11,16H,4,7-8,10,12H2. The molecule has 2 aliphatic rings. The average Bonchev–Trinajstić information content (AvgIpc) is 2.55. The summed E-state index contributed by atoms with van der Waals surface area (Å²) in [5.74, 6) is 2.10. The first-order valence-corrected chi connectivity index (χ1v) is 7.41. The van der Waals surface area contributed by atoms with E-state index in [1.807, 2.05) is 0 Å². The fraction of sp³-hybridized carbons (Fsp3) is 0.333. The van der Waals surface area contributed by atoms with Gasteiger partial charge in [0.05, 0.1) is 6.61 Å². The van der Waals surface area contributed by atoms with Crippen molar-refractivity contribution in [2.24, 2.45) is 0 Å². The van der Waals surface area contributed by atoms with E-state index in [0.717, 1.165) is 43.8 Å². The number of hydrogen-bond acceptors (Lipinski definition) is 2. The Morgan fingerprint density at radius 1 is 0.950 bits per heavy atom. The van der Waals surface area contributed by atoms with Gasteiger partial charge in [-0.15, -0.1) is 0 Å². The molecule has 2 nitrogen and oxygen atoms in total. The maximum atomic E-state index is 6.34. The summed E-state index contributed by atoms with van der Waals surface area (Å²) in [5, 5.41) is 0. The van der Waals surface area contributed by atoms with Crippen molar-refractivity contribution < 1.29 is 9.47 Å². The highest BCUT2D eigenvalue weighted by molar-refractivity contribution is 5.52. The summed E-state index contributed by atoms with van der Waals surface area (Å²) in [6.07, 6.45) is 4.47. The van der Waals surface area contributed by atoms with E-state index in [2.05, 4.69) is 42.5 Å². The smallest absolute Gasteiger partial charge is 0.130 e. The Labute approximate surface area is 119 Å². The molecule has 0 N–H and O–H groups in total. The largest absolute Gasteiger partial charge is 0.493 e. The zero-order valence-corrected chi connectivity index (χ0v) is 11.5. The zero-order valence-electron chi connectivity index (χ0n) is 11.5. The van der Waals surface area contributed by atoms with Crippen LogP contribution in [-0.4, -0.2) is 6.61 Å². The van der Waals surface area contributed by atoms with Crippen LogP contribution in [0, 0.1) is 0 Å². The second kappa shape index (κ2) is 4.86. The Bertz CT molecular complexity index is 619. The lowest BCUT2D eigenvalue weighted by Crippen LogP contribution is -2.18. The molecule has 0 amide bonds. The van der Waals surface area contributed by atoms with Crippen molar-refractivity contribution in [2.45, 2.75) is 31.8 Å². The molecule has 0 aliphatic carbocycles. The fourth-order valence-corrected chi connectivity index (χ4v) is 3.20. The van der Waals surface area contributed by atoms with Gasteiger partial charge in [0.25, 0.3) is 0 Å². The number of fused-ring (bicyclic) bond motifs is 3. The molecular formula is C18H18O2. The van der Waals surface area contributed by atoms with E-state index in [9.17, 15) is 0 Å². The van der Waals surface area contributed by atoms with Crippen molar-refractivity contribution in [3.63, 3.8) is 0 Å². The highest BCUT2D eigenvalue weighted by Crippen LogP contribution is 2.42. The van der Waals surface area contributed by atoms with Crippen molar-refractivity contribution in [3.8, 4) is 11.5 Å². The molecule has 1 atom stereocenters. The van der Waals surface area contributed by atoms with Crippen LogP contribution in [0.3, 0.4) is 0 Å². The van der Waals surface area contributed by atoms with E-state index in [1.165, 1.54) is 16.7 Å². The van der Waals surface area contributed by atoms with E-state index in [1.54, 1.807) is 0 Å². The van der Waals surface area contributed by atoms with Crippen LogP contribution in [0.1, 0.15) is 35.6 Å². The highest BCUT2D eigenvalue weighted by Gasteiger charge is 2.26. The van der Waals surface area contributed by atoms with Crippen LogP contribution in [-0.2, 0) is 12.8 Å². The van der Waals surface area contributed by atoms with E-state index >= 15 is 0 Å². The Kier molecular flexibility index (Phi) is 2.87. The van der Waals surface area contributed by atoms with Crippen molar-refractivity contribution in [1.82, 2.24) is 0 Å². The summed E-state index contributed by atoms with van der Waals surface area (Å²) in [6.45, 7) is 0.827. The summed E-state index contributed by atoms with van der Waals surface area (Å²) in [5.41, 5.74) is 3.88. The monoisotopic (exact) mass is 266 g/mol. The van der Waals surface area contributed by atoms with Gasteiger partial charge >= 0.3 is 0 Å².